The number of hydrogen-bond donors (Lipinski definition) is 1. The van der Waals surface area contributed by atoms with Gasteiger partial charge in [-0.15, -0.1) is 0 Å². The van der Waals surface area contributed by atoms with Gasteiger partial charge in [-0.05, 0) is 19.9 Å². The summed E-state index contributed by atoms with van der Waals surface area (Å²) in [7, 11) is 1.34. The first-order valence-corrected chi connectivity index (χ1v) is 5.85. The van der Waals surface area contributed by atoms with Crippen LogP contribution in [0.1, 0.15) is 32.0 Å². The Hall–Kier alpha value is -1.24. The summed E-state index contributed by atoms with van der Waals surface area (Å²) in [5.74, 6) is 0.155. The van der Waals surface area contributed by atoms with Crippen LogP contribution in [0.3, 0.4) is 0 Å². The Morgan fingerprint density at radius 3 is 2.56 bits per heavy atom. The van der Waals surface area contributed by atoms with Crippen molar-refractivity contribution in [1.82, 2.24) is 15.1 Å². The lowest BCUT2D eigenvalue weighted by Gasteiger charge is -2.23. The smallest absolute Gasteiger partial charge is 0.409 e. The van der Waals surface area contributed by atoms with Crippen LogP contribution in [0.2, 0.25) is 0 Å². The molecular formula is C11H18F3N3O. The van der Waals surface area contributed by atoms with Gasteiger partial charge in [-0.2, -0.15) is 18.3 Å². The molecule has 1 unspecified atom stereocenters. The van der Waals surface area contributed by atoms with Crippen LogP contribution >= 0.6 is 0 Å². The second-order valence-electron chi connectivity index (χ2n) is 3.84. The molecule has 0 aromatic carbocycles. The van der Waals surface area contributed by atoms with Crippen molar-refractivity contribution in [3.05, 3.63) is 11.9 Å². The Morgan fingerprint density at radius 1 is 1.44 bits per heavy atom. The standard InChI is InChI=1S/C11H18F3N3O/c1-4-6-15-10(11(12,13)14)9-8(18-3)7-16-17(9)5-2/h7,10,15H,4-6H2,1-3H3. The van der Waals surface area contributed by atoms with Gasteiger partial charge in [-0.3, -0.25) is 4.68 Å². The van der Waals surface area contributed by atoms with E-state index < -0.39 is 12.2 Å². The quantitative estimate of drug-likeness (QED) is 0.859. The van der Waals surface area contributed by atoms with Crippen molar-refractivity contribution in [3.63, 3.8) is 0 Å². The topological polar surface area (TPSA) is 39.1 Å². The average molecular weight is 265 g/mol. The van der Waals surface area contributed by atoms with Gasteiger partial charge in [0, 0.05) is 6.54 Å². The van der Waals surface area contributed by atoms with Gasteiger partial charge in [0.25, 0.3) is 0 Å². The third kappa shape index (κ3) is 3.16. The number of nitrogens with zero attached hydrogens (tertiary/aromatic N) is 2. The molecule has 0 aliphatic rings. The molecule has 0 bridgehead atoms. The van der Waals surface area contributed by atoms with Crippen LogP contribution in [-0.2, 0) is 6.54 Å². The Labute approximate surface area is 104 Å². The maximum atomic E-state index is 13.1. The Kier molecular flexibility index (Phi) is 5.01. The minimum atomic E-state index is -4.38. The van der Waals surface area contributed by atoms with E-state index in [9.17, 15) is 13.2 Å². The molecule has 0 amide bonds. The highest BCUT2D eigenvalue weighted by Gasteiger charge is 2.44. The highest BCUT2D eigenvalue weighted by Crippen LogP contribution is 2.37. The first-order chi connectivity index (χ1) is 8.45. The molecule has 1 atom stereocenters. The summed E-state index contributed by atoms with van der Waals surface area (Å²) >= 11 is 0. The number of rotatable bonds is 6. The number of halogens is 3. The normalized spacial score (nSPS) is 13.7. The molecule has 0 saturated carbocycles. The minimum Gasteiger partial charge on any atom is -0.493 e. The monoisotopic (exact) mass is 265 g/mol. The van der Waals surface area contributed by atoms with Crippen molar-refractivity contribution in [2.24, 2.45) is 0 Å². The van der Waals surface area contributed by atoms with E-state index in [2.05, 4.69) is 10.4 Å². The van der Waals surface area contributed by atoms with Gasteiger partial charge in [0.2, 0.25) is 0 Å². The van der Waals surface area contributed by atoms with Crippen molar-refractivity contribution in [2.45, 2.75) is 39.0 Å². The molecule has 1 rings (SSSR count). The number of nitrogens with one attached hydrogen (secondary N) is 1. The third-order valence-electron chi connectivity index (χ3n) is 2.56. The SMILES string of the molecule is CCCNC(c1c(OC)cnn1CC)C(F)(F)F. The van der Waals surface area contributed by atoms with Crippen molar-refractivity contribution < 1.29 is 17.9 Å². The summed E-state index contributed by atoms with van der Waals surface area (Å²) < 4.78 is 45.5. The molecule has 0 saturated heterocycles. The van der Waals surface area contributed by atoms with E-state index >= 15 is 0 Å². The summed E-state index contributed by atoms with van der Waals surface area (Å²) in [5, 5.41) is 6.39. The van der Waals surface area contributed by atoms with Crippen LogP contribution in [0.5, 0.6) is 5.75 Å². The summed E-state index contributed by atoms with van der Waals surface area (Å²) in [6.45, 7) is 4.19. The van der Waals surface area contributed by atoms with E-state index in [1.807, 2.05) is 6.92 Å². The molecule has 1 aromatic heterocycles. The maximum absolute atomic E-state index is 13.1. The van der Waals surface area contributed by atoms with E-state index in [4.69, 9.17) is 4.74 Å². The summed E-state index contributed by atoms with van der Waals surface area (Å²) in [6.07, 6.45) is -2.45. The molecule has 0 spiro atoms. The molecule has 7 heteroatoms. The summed E-state index contributed by atoms with van der Waals surface area (Å²) in [6, 6.07) is -1.75. The zero-order valence-electron chi connectivity index (χ0n) is 10.7. The Bertz CT molecular complexity index is 355. The molecule has 0 aliphatic heterocycles. The Morgan fingerprint density at radius 2 is 2.11 bits per heavy atom. The molecular weight excluding hydrogens is 247 g/mol. The zero-order chi connectivity index (χ0) is 13.8. The van der Waals surface area contributed by atoms with Gasteiger partial charge in [0.1, 0.15) is 11.7 Å². The van der Waals surface area contributed by atoms with E-state index in [0.717, 1.165) is 0 Å². The maximum Gasteiger partial charge on any atom is 0.409 e. The fourth-order valence-corrected chi connectivity index (χ4v) is 1.73. The number of ether oxygens (including phenoxy) is 1. The molecule has 4 nitrogen and oxygen atoms in total. The van der Waals surface area contributed by atoms with Crippen LogP contribution in [0.15, 0.2) is 6.20 Å². The first kappa shape index (κ1) is 14.8. The third-order valence-corrected chi connectivity index (χ3v) is 2.56. The highest BCUT2D eigenvalue weighted by atomic mass is 19.4. The first-order valence-electron chi connectivity index (χ1n) is 5.85. The number of aryl methyl sites for hydroxylation is 1. The fourth-order valence-electron chi connectivity index (χ4n) is 1.73. The van der Waals surface area contributed by atoms with Crippen LogP contribution in [-0.4, -0.2) is 29.6 Å². The number of hydrogen-bond acceptors (Lipinski definition) is 3. The van der Waals surface area contributed by atoms with Crippen molar-refractivity contribution in [3.8, 4) is 5.75 Å². The van der Waals surface area contributed by atoms with Crippen LogP contribution < -0.4 is 10.1 Å². The predicted octanol–water partition coefficient (Wildman–Crippen LogP) is 2.51. The predicted molar refractivity (Wildman–Crippen MR) is 61.5 cm³/mol. The summed E-state index contributed by atoms with van der Waals surface area (Å²) in [4.78, 5) is 0. The summed E-state index contributed by atoms with van der Waals surface area (Å²) in [5.41, 5.74) is 0.0287. The Balaban J connectivity index is 3.14. The lowest BCUT2D eigenvalue weighted by atomic mass is 10.1. The van der Waals surface area contributed by atoms with Crippen molar-refractivity contribution >= 4 is 0 Å². The van der Waals surface area contributed by atoms with E-state index in [1.54, 1.807) is 6.92 Å². The second kappa shape index (κ2) is 6.08. The molecule has 0 radical (unpaired) electrons. The van der Waals surface area contributed by atoms with Gasteiger partial charge in [0.05, 0.1) is 13.3 Å². The van der Waals surface area contributed by atoms with Crippen molar-refractivity contribution in [2.75, 3.05) is 13.7 Å². The van der Waals surface area contributed by atoms with Gasteiger partial charge in [-0.25, -0.2) is 0 Å². The minimum absolute atomic E-state index is 0.0287. The van der Waals surface area contributed by atoms with E-state index in [-0.39, 0.29) is 18.0 Å². The average Bonchev–Trinajstić information content (AvgIpc) is 2.70. The lowest BCUT2D eigenvalue weighted by Crippen LogP contribution is -2.36. The van der Waals surface area contributed by atoms with Gasteiger partial charge in [-0.1, -0.05) is 6.92 Å². The number of aromatic nitrogens is 2. The molecule has 104 valence electrons. The number of alkyl halides is 3. The van der Waals surface area contributed by atoms with Gasteiger partial charge < -0.3 is 10.1 Å². The van der Waals surface area contributed by atoms with Crippen LogP contribution in [0.25, 0.3) is 0 Å². The van der Waals surface area contributed by atoms with E-state index in [0.29, 0.717) is 13.0 Å². The molecule has 18 heavy (non-hydrogen) atoms. The molecule has 1 aromatic rings. The van der Waals surface area contributed by atoms with Crippen LogP contribution in [0.4, 0.5) is 13.2 Å². The molecule has 0 aliphatic carbocycles. The zero-order valence-corrected chi connectivity index (χ0v) is 10.7. The highest BCUT2D eigenvalue weighted by molar-refractivity contribution is 5.29. The van der Waals surface area contributed by atoms with E-state index in [1.165, 1.54) is 18.0 Å². The second-order valence-corrected chi connectivity index (χ2v) is 3.84. The van der Waals surface area contributed by atoms with Crippen molar-refractivity contribution in [1.29, 1.82) is 0 Å². The lowest BCUT2D eigenvalue weighted by molar-refractivity contribution is -0.159. The van der Waals surface area contributed by atoms with Gasteiger partial charge in [0.15, 0.2) is 5.75 Å². The number of methoxy groups -OCH3 is 1. The molecule has 0 fully saturated rings. The van der Waals surface area contributed by atoms with Crippen LogP contribution in [0, 0.1) is 0 Å². The fraction of sp³-hybridized carbons (Fsp3) is 0.727. The molecule has 1 N–H and O–H groups in total. The molecule has 1 heterocycles. The largest absolute Gasteiger partial charge is 0.493 e. The van der Waals surface area contributed by atoms with Gasteiger partial charge >= 0.3 is 6.18 Å².